The quantitative estimate of drug-likeness (QED) is 0.739. The van der Waals surface area contributed by atoms with Gasteiger partial charge < -0.3 is 9.64 Å². The van der Waals surface area contributed by atoms with Gasteiger partial charge in [0.25, 0.3) is 0 Å². The van der Waals surface area contributed by atoms with Crippen LogP contribution < -0.4 is 4.90 Å². The molecule has 17 heavy (non-hydrogen) atoms. The third-order valence-electron chi connectivity index (χ3n) is 3.10. The second-order valence-electron chi connectivity index (χ2n) is 4.47. The largest absolute Gasteiger partial charge is 0.377 e. The van der Waals surface area contributed by atoms with Crippen LogP contribution in [0.15, 0.2) is 6.07 Å². The third-order valence-corrected chi connectivity index (χ3v) is 3.10. The van der Waals surface area contributed by atoms with Crippen molar-refractivity contribution < 1.29 is 4.74 Å². The number of nitriles is 1. The van der Waals surface area contributed by atoms with Crippen molar-refractivity contribution in [2.24, 2.45) is 0 Å². The van der Waals surface area contributed by atoms with Gasteiger partial charge in [-0.25, -0.2) is 0 Å². The van der Waals surface area contributed by atoms with Crippen molar-refractivity contribution in [2.75, 3.05) is 24.7 Å². The molecule has 90 valence electrons. The van der Waals surface area contributed by atoms with Crippen LogP contribution in [-0.4, -0.2) is 30.8 Å². The van der Waals surface area contributed by atoms with Crippen LogP contribution in [-0.2, 0) is 4.74 Å². The van der Waals surface area contributed by atoms with Gasteiger partial charge >= 0.3 is 0 Å². The van der Waals surface area contributed by atoms with E-state index in [9.17, 15) is 5.26 Å². The third kappa shape index (κ3) is 2.25. The number of pyridine rings is 1. The number of nitrogens with zero attached hydrogens (tertiary/aromatic N) is 3. The van der Waals surface area contributed by atoms with Crippen LogP contribution >= 0.6 is 0 Å². The van der Waals surface area contributed by atoms with Gasteiger partial charge in [0, 0.05) is 18.3 Å². The first-order valence-corrected chi connectivity index (χ1v) is 5.86. The predicted molar refractivity (Wildman–Crippen MR) is 66.1 cm³/mol. The van der Waals surface area contributed by atoms with Crippen molar-refractivity contribution in [1.29, 1.82) is 5.26 Å². The van der Waals surface area contributed by atoms with Crippen LogP contribution in [0.1, 0.15) is 23.9 Å². The fourth-order valence-corrected chi connectivity index (χ4v) is 2.26. The number of anilines is 1. The molecule has 0 N–H and O–H groups in total. The van der Waals surface area contributed by atoms with Gasteiger partial charge in [0.2, 0.25) is 0 Å². The smallest absolute Gasteiger partial charge is 0.103 e. The summed E-state index contributed by atoms with van der Waals surface area (Å²) in [6.45, 7) is 8.23. The number of ether oxygens (including phenoxy) is 1. The van der Waals surface area contributed by atoms with Crippen LogP contribution in [0.3, 0.4) is 0 Å². The number of rotatable bonds is 1. The van der Waals surface area contributed by atoms with E-state index in [1.54, 1.807) is 0 Å². The number of aryl methyl sites for hydroxylation is 2. The number of morpholine rings is 1. The van der Waals surface area contributed by atoms with E-state index in [2.05, 4.69) is 22.9 Å². The SMILES string of the molecule is Cc1cc(N2CCOCC2C)c(C#N)c(C)n1. The van der Waals surface area contributed by atoms with Crippen molar-refractivity contribution in [3.63, 3.8) is 0 Å². The van der Waals surface area contributed by atoms with E-state index in [4.69, 9.17) is 4.74 Å². The summed E-state index contributed by atoms with van der Waals surface area (Å²) < 4.78 is 5.43. The fraction of sp³-hybridized carbons (Fsp3) is 0.538. The molecule has 1 aliphatic rings. The van der Waals surface area contributed by atoms with Crippen LogP contribution in [0.5, 0.6) is 0 Å². The molecule has 1 fully saturated rings. The Hall–Kier alpha value is -1.60. The maximum Gasteiger partial charge on any atom is 0.103 e. The first kappa shape index (κ1) is 11.9. The standard InChI is InChI=1S/C13H17N3O/c1-9-6-13(12(7-14)11(3)15-9)16-4-5-17-8-10(16)2/h6,10H,4-5,8H2,1-3H3. The number of aromatic nitrogens is 1. The van der Waals surface area contributed by atoms with Gasteiger partial charge in [0.1, 0.15) is 6.07 Å². The van der Waals surface area contributed by atoms with Gasteiger partial charge in [0.15, 0.2) is 0 Å². The molecule has 0 saturated carbocycles. The summed E-state index contributed by atoms with van der Waals surface area (Å²) in [5.41, 5.74) is 3.44. The highest BCUT2D eigenvalue weighted by molar-refractivity contribution is 5.62. The molecule has 1 aromatic heterocycles. The van der Waals surface area contributed by atoms with Crippen molar-refractivity contribution in [1.82, 2.24) is 4.98 Å². The number of hydrogen-bond acceptors (Lipinski definition) is 4. The lowest BCUT2D eigenvalue weighted by Crippen LogP contribution is -2.44. The van der Waals surface area contributed by atoms with Crippen molar-refractivity contribution in [2.45, 2.75) is 26.8 Å². The van der Waals surface area contributed by atoms with E-state index in [1.807, 2.05) is 19.9 Å². The molecule has 0 radical (unpaired) electrons. The molecule has 2 heterocycles. The Balaban J connectivity index is 2.46. The van der Waals surface area contributed by atoms with Crippen molar-refractivity contribution in [3.05, 3.63) is 23.0 Å². The summed E-state index contributed by atoms with van der Waals surface area (Å²) >= 11 is 0. The molecule has 0 spiro atoms. The summed E-state index contributed by atoms with van der Waals surface area (Å²) in [7, 11) is 0. The average molecular weight is 231 g/mol. The molecule has 0 bridgehead atoms. The minimum absolute atomic E-state index is 0.303. The molecule has 1 atom stereocenters. The summed E-state index contributed by atoms with van der Waals surface area (Å²) in [6.07, 6.45) is 0. The van der Waals surface area contributed by atoms with Gasteiger partial charge in [-0.1, -0.05) is 0 Å². The molecule has 1 unspecified atom stereocenters. The maximum atomic E-state index is 9.26. The minimum atomic E-state index is 0.303. The van der Waals surface area contributed by atoms with E-state index in [0.717, 1.165) is 30.2 Å². The zero-order chi connectivity index (χ0) is 12.4. The monoisotopic (exact) mass is 231 g/mol. The molecule has 4 nitrogen and oxygen atoms in total. The first-order chi connectivity index (χ1) is 8.13. The van der Waals surface area contributed by atoms with Gasteiger partial charge in [-0.05, 0) is 26.8 Å². The van der Waals surface area contributed by atoms with Crippen molar-refractivity contribution >= 4 is 5.69 Å². The van der Waals surface area contributed by atoms with Crippen molar-refractivity contribution in [3.8, 4) is 6.07 Å². The molecule has 2 rings (SSSR count). The van der Waals surface area contributed by atoms with E-state index in [0.29, 0.717) is 18.2 Å². The topological polar surface area (TPSA) is 49.1 Å². The highest BCUT2D eigenvalue weighted by Gasteiger charge is 2.22. The van der Waals surface area contributed by atoms with Gasteiger partial charge in [0.05, 0.1) is 30.2 Å². The molecule has 0 aromatic carbocycles. The summed E-state index contributed by atoms with van der Waals surface area (Å²) in [5.74, 6) is 0. The summed E-state index contributed by atoms with van der Waals surface area (Å²) in [6, 6.07) is 4.56. The molecule has 1 aromatic rings. The maximum absolute atomic E-state index is 9.26. The van der Waals surface area contributed by atoms with E-state index in [1.165, 1.54) is 0 Å². The Bertz CT molecular complexity index is 464. The Morgan fingerprint density at radius 3 is 2.94 bits per heavy atom. The van der Waals surface area contributed by atoms with Gasteiger partial charge in [-0.2, -0.15) is 5.26 Å². The minimum Gasteiger partial charge on any atom is -0.377 e. The van der Waals surface area contributed by atoms with Crippen LogP contribution in [0.25, 0.3) is 0 Å². The van der Waals surface area contributed by atoms with Gasteiger partial charge in [-0.15, -0.1) is 0 Å². The molecular formula is C13H17N3O. The predicted octanol–water partition coefficient (Wildman–Crippen LogP) is 1.80. The number of hydrogen-bond donors (Lipinski definition) is 0. The Kier molecular flexibility index (Phi) is 3.30. The average Bonchev–Trinajstić information content (AvgIpc) is 2.28. The first-order valence-electron chi connectivity index (χ1n) is 5.86. The lowest BCUT2D eigenvalue weighted by atomic mass is 10.1. The second kappa shape index (κ2) is 4.72. The summed E-state index contributed by atoms with van der Waals surface area (Å²) in [4.78, 5) is 6.58. The fourth-order valence-electron chi connectivity index (χ4n) is 2.26. The molecular weight excluding hydrogens is 214 g/mol. The van der Waals surface area contributed by atoms with E-state index in [-0.39, 0.29) is 0 Å². The molecule has 1 saturated heterocycles. The van der Waals surface area contributed by atoms with Crippen LogP contribution in [0, 0.1) is 25.2 Å². The second-order valence-corrected chi connectivity index (χ2v) is 4.47. The highest BCUT2D eigenvalue weighted by atomic mass is 16.5. The zero-order valence-electron chi connectivity index (χ0n) is 10.5. The Morgan fingerprint density at radius 2 is 2.29 bits per heavy atom. The lowest BCUT2D eigenvalue weighted by Gasteiger charge is -2.36. The van der Waals surface area contributed by atoms with E-state index < -0.39 is 0 Å². The Labute approximate surface area is 102 Å². The molecule has 1 aliphatic heterocycles. The van der Waals surface area contributed by atoms with Gasteiger partial charge in [-0.3, -0.25) is 4.98 Å². The Morgan fingerprint density at radius 1 is 1.53 bits per heavy atom. The lowest BCUT2D eigenvalue weighted by molar-refractivity contribution is 0.0989. The van der Waals surface area contributed by atoms with Crippen LogP contribution in [0.4, 0.5) is 5.69 Å². The highest BCUT2D eigenvalue weighted by Crippen LogP contribution is 2.26. The molecule has 0 aliphatic carbocycles. The normalized spacial score (nSPS) is 20.1. The molecule has 0 amide bonds. The van der Waals surface area contributed by atoms with Crippen LogP contribution in [0.2, 0.25) is 0 Å². The van der Waals surface area contributed by atoms with E-state index >= 15 is 0 Å². The summed E-state index contributed by atoms with van der Waals surface area (Å²) in [5, 5.41) is 9.26. The molecule has 4 heteroatoms. The zero-order valence-corrected chi connectivity index (χ0v) is 10.5.